The van der Waals surface area contributed by atoms with Crippen LogP contribution in [0.3, 0.4) is 0 Å². The highest BCUT2D eigenvalue weighted by atomic mass is 35.5. The molecule has 3 nitrogen and oxygen atoms in total. The molecule has 0 bridgehead atoms. The van der Waals surface area contributed by atoms with Crippen molar-refractivity contribution in [3.05, 3.63) is 52.5 Å². The monoisotopic (exact) mass is 307 g/mol. The van der Waals surface area contributed by atoms with Crippen LogP contribution in [-0.4, -0.2) is 6.61 Å². The van der Waals surface area contributed by atoms with Gasteiger partial charge in [-0.25, -0.2) is 0 Å². The second kappa shape index (κ2) is 7.04. The Kier molecular flexibility index (Phi) is 5.11. The topological polar surface area (TPSA) is 42.2 Å². The summed E-state index contributed by atoms with van der Waals surface area (Å²) in [5, 5.41) is 9.44. The van der Waals surface area contributed by atoms with E-state index in [-0.39, 0.29) is 0 Å². The lowest BCUT2D eigenvalue weighted by molar-refractivity contribution is 0.326. The van der Waals surface area contributed by atoms with E-state index in [2.05, 4.69) is 0 Å². The fourth-order valence-corrected chi connectivity index (χ4v) is 1.95. The highest BCUT2D eigenvalue weighted by molar-refractivity contribution is 6.35. The van der Waals surface area contributed by atoms with E-state index in [1.807, 2.05) is 6.07 Å². The molecule has 0 spiro atoms. The maximum atomic E-state index is 8.43. The predicted octanol–water partition coefficient (Wildman–Crippen LogP) is 5.08. The van der Waals surface area contributed by atoms with Crippen molar-refractivity contribution in [1.82, 2.24) is 0 Å². The second-order valence-electron chi connectivity index (χ2n) is 3.90. The Morgan fingerprint density at radius 2 is 1.70 bits per heavy atom. The van der Waals surface area contributed by atoms with E-state index in [1.54, 1.807) is 42.5 Å². The molecule has 20 heavy (non-hydrogen) atoms. The van der Waals surface area contributed by atoms with Crippen molar-refractivity contribution in [2.75, 3.05) is 6.61 Å². The molecule has 2 aromatic carbocycles. The second-order valence-corrected chi connectivity index (χ2v) is 4.75. The molecule has 0 aromatic heterocycles. The number of nitriles is 1. The molecule has 2 aromatic rings. The summed E-state index contributed by atoms with van der Waals surface area (Å²) in [6, 6.07) is 14.2. The standard InChI is InChI=1S/C15H11Cl2NO2/c16-11-2-7-15(14(17)10-11)20-13-5-3-12(4-6-13)19-9-1-8-18/h2-7,10H,1,9H2. The first-order valence-corrected chi connectivity index (χ1v) is 6.67. The molecule has 0 fully saturated rings. The average molecular weight is 308 g/mol. The smallest absolute Gasteiger partial charge is 0.146 e. The lowest BCUT2D eigenvalue weighted by Crippen LogP contribution is -1.95. The van der Waals surface area contributed by atoms with Crippen LogP contribution in [0.4, 0.5) is 0 Å². The lowest BCUT2D eigenvalue weighted by Gasteiger charge is -2.09. The molecule has 0 aliphatic carbocycles. The number of halogens is 2. The minimum atomic E-state index is 0.360. The van der Waals surface area contributed by atoms with E-state index in [0.717, 1.165) is 0 Å². The number of hydrogen-bond donors (Lipinski definition) is 0. The summed E-state index contributed by atoms with van der Waals surface area (Å²) >= 11 is 11.9. The quantitative estimate of drug-likeness (QED) is 0.723. The van der Waals surface area contributed by atoms with Gasteiger partial charge in [-0.05, 0) is 42.5 Å². The maximum Gasteiger partial charge on any atom is 0.146 e. The van der Waals surface area contributed by atoms with Crippen LogP contribution in [-0.2, 0) is 0 Å². The van der Waals surface area contributed by atoms with Gasteiger partial charge in [0, 0.05) is 5.02 Å². The molecular weight excluding hydrogens is 297 g/mol. The van der Waals surface area contributed by atoms with Crippen molar-refractivity contribution in [1.29, 1.82) is 5.26 Å². The molecule has 0 atom stereocenters. The maximum absolute atomic E-state index is 8.43. The molecule has 0 unspecified atom stereocenters. The van der Waals surface area contributed by atoms with E-state index < -0.39 is 0 Å². The molecule has 5 heteroatoms. The van der Waals surface area contributed by atoms with Crippen molar-refractivity contribution in [2.45, 2.75) is 6.42 Å². The highest BCUT2D eigenvalue weighted by Gasteiger charge is 2.04. The summed E-state index contributed by atoms with van der Waals surface area (Å²) in [6.45, 7) is 0.375. The zero-order chi connectivity index (χ0) is 14.4. The zero-order valence-corrected chi connectivity index (χ0v) is 12.0. The first-order valence-electron chi connectivity index (χ1n) is 5.92. The van der Waals surface area contributed by atoms with Crippen molar-refractivity contribution in [3.8, 4) is 23.3 Å². The highest BCUT2D eigenvalue weighted by Crippen LogP contribution is 2.32. The van der Waals surface area contributed by atoms with Gasteiger partial charge in [0.15, 0.2) is 0 Å². The molecule has 2 rings (SSSR count). The van der Waals surface area contributed by atoms with Gasteiger partial charge < -0.3 is 9.47 Å². The molecule has 0 amide bonds. The first-order chi connectivity index (χ1) is 9.69. The Balaban J connectivity index is 2.01. The van der Waals surface area contributed by atoms with Gasteiger partial charge in [0.25, 0.3) is 0 Å². The van der Waals surface area contributed by atoms with Gasteiger partial charge in [-0.3, -0.25) is 0 Å². The Bertz CT molecular complexity index is 621. The van der Waals surface area contributed by atoms with Gasteiger partial charge in [-0.1, -0.05) is 23.2 Å². The fraction of sp³-hybridized carbons (Fsp3) is 0.133. The van der Waals surface area contributed by atoms with Crippen molar-refractivity contribution in [3.63, 3.8) is 0 Å². The van der Waals surface area contributed by atoms with Gasteiger partial charge in [0.05, 0.1) is 17.5 Å². The Hall–Kier alpha value is -1.89. The van der Waals surface area contributed by atoms with Crippen LogP contribution in [0.1, 0.15) is 6.42 Å². The minimum Gasteiger partial charge on any atom is -0.493 e. The van der Waals surface area contributed by atoms with Crippen LogP contribution < -0.4 is 9.47 Å². The summed E-state index contributed by atoms with van der Waals surface area (Å²) in [7, 11) is 0. The molecule has 0 aliphatic heterocycles. The van der Waals surface area contributed by atoms with E-state index >= 15 is 0 Å². The van der Waals surface area contributed by atoms with Gasteiger partial charge >= 0.3 is 0 Å². The third-order valence-corrected chi connectivity index (χ3v) is 2.96. The van der Waals surface area contributed by atoms with Crippen molar-refractivity contribution >= 4 is 23.2 Å². The molecule has 0 saturated carbocycles. The molecule has 0 saturated heterocycles. The molecule has 102 valence electrons. The Labute approximate surface area is 127 Å². The lowest BCUT2D eigenvalue weighted by atomic mass is 10.3. The largest absolute Gasteiger partial charge is 0.493 e. The average Bonchev–Trinajstić information content (AvgIpc) is 2.44. The van der Waals surface area contributed by atoms with Crippen molar-refractivity contribution in [2.24, 2.45) is 0 Å². The van der Waals surface area contributed by atoms with E-state index in [0.29, 0.717) is 40.3 Å². The summed E-state index contributed by atoms with van der Waals surface area (Å²) in [5.41, 5.74) is 0. The van der Waals surface area contributed by atoms with Gasteiger partial charge in [0.1, 0.15) is 23.9 Å². The Morgan fingerprint density at radius 3 is 2.35 bits per heavy atom. The van der Waals surface area contributed by atoms with Crippen LogP contribution in [0, 0.1) is 11.3 Å². The van der Waals surface area contributed by atoms with Crippen LogP contribution >= 0.6 is 23.2 Å². The van der Waals surface area contributed by atoms with E-state index in [9.17, 15) is 0 Å². The van der Waals surface area contributed by atoms with E-state index in [1.165, 1.54) is 0 Å². The fourth-order valence-electron chi connectivity index (χ4n) is 1.50. The number of rotatable bonds is 5. The third kappa shape index (κ3) is 4.06. The van der Waals surface area contributed by atoms with E-state index in [4.69, 9.17) is 37.9 Å². The summed E-state index contributed by atoms with van der Waals surface area (Å²) in [6.07, 6.45) is 0.360. The predicted molar refractivity (Wildman–Crippen MR) is 78.7 cm³/mol. The number of benzene rings is 2. The zero-order valence-electron chi connectivity index (χ0n) is 10.5. The third-order valence-electron chi connectivity index (χ3n) is 2.43. The van der Waals surface area contributed by atoms with Gasteiger partial charge in [-0.15, -0.1) is 0 Å². The van der Waals surface area contributed by atoms with Gasteiger partial charge in [0.2, 0.25) is 0 Å². The Morgan fingerprint density at radius 1 is 1.00 bits per heavy atom. The van der Waals surface area contributed by atoms with Crippen LogP contribution in [0.5, 0.6) is 17.2 Å². The summed E-state index contributed by atoms with van der Waals surface area (Å²) < 4.78 is 11.0. The molecular formula is C15H11Cl2NO2. The van der Waals surface area contributed by atoms with Crippen molar-refractivity contribution < 1.29 is 9.47 Å². The molecule has 0 heterocycles. The normalized spacial score (nSPS) is 9.85. The summed E-state index contributed by atoms with van der Waals surface area (Å²) in [4.78, 5) is 0. The number of nitrogens with zero attached hydrogens (tertiary/aromatic N) is 1. The molecule has 0 aliphatic rings. The first kappa shape index (κ1) is 14.5. The number of ether oxygens (including phenoxy) is 2. The van der Waals surface area contributed by atoms with Crippen LogP contribution in [0.15, 0.2) is 42.5 Å². The molecule has 0 N–H and O–H groups in total. The minimum absolute atomic E-state index is 0.360. The number of hydrogen-bond acceptors (Lipinski definition) is 3. The van der Waals surface area contributed by atoms with Gasteiger partial charge in [-0.2, -0.15) is 5.26 Å². The molecule has 0 radical (unpaired) electrons. The summed E-state index contributed by atoms with van der Waals surface area (Å²) in [5.74, 6) is 1.87. The SMILES string of the molecule is N#CCCOc1ccc(Oc2ccc(Cl)cc2Cl)cc1. The van der Waals surface area contributed by atoms with Crippen LogP contribution in [0.25, 0.3) is 0 Å². The van der Waals surface area contributed by atoms with Crippen LogP contribution in [0.2, 0.25) is 10.0 Å².